The van der Waals surface area contributed by atoms with Crippen molar-refractivity contribution >= 4 is 11.9 Å². The van der Waals surface area contributed by atoms with Crippen LogP contribution in [0.15, 0.2) is 36.4 Å². The van der Waals surface area contributed by atoms with Crippen LogP contribution in [0.2, 0.25) is 0 Å². The highest BCUT2D eigenvalue weighted by Gasteiger charge is 2.32. The molecule has 1 heterocycles. The van der Waals surface area contributed by atoms with Crippen LogP contribution in [0.4, 0.5) is 0 Å². The average Bonchev–Trinajstić information content (AvgIpc) is 2.90. The summed E-state index contributed by atoms with van der Waals surface area (Å²) in [5, 5.41) is 8.73. The van der Waals surface area contributed by atoms with Gasteiger partial charge in [0.15, 0.2) is 0 Å². The topological polar surface area (TPSA) is 57.6 Å². The van der Waals surface area contributed by atoms with Gasteiger partial charge in [0, 0.05) is 13.0 Å². The molecule has 1 amide bonds. The first kappa shape index (κ1) is 14.2. The van der Waals surface area contributed by atoms with Crippen molar-refractivity contribution in [2.24, 2.45) is 0 Å². The molecule has 1 fully saturated rings. The number of aliphatic carboxylic acids is 1. The van der Waals surface area contributed by atoms with E-state index in [4.69, 9.17) is 5.11 Å². The number of carbonyl (C=O) groups is 2. The summed E-state index contributed by atoms with van der Waals surface area (Å²) in [7, 11) is 0. The maximum Gasteiger partial charge on any atom is 0.326 e. The number of carbonyl (C=O) groups excluding carboxylic acids is 1. The predicted octanol–water partition coefficient (Wildman–Crippen LogP) is 2.16. The molecule has 1 aromatic rings. The maximum absolute atomic E-state index is 11.2. The minimum Gasteiger partial charge on any atom is -0.480 e. The Morgan fingerprint density at radius 1 is 1.17 bits per heavy atom. The molecule has 0 saturated carbocycles. The molecule has 1 aliphatic rings. The van der Waals surface area contributed by atoms with Gasteiger partial charge in [0.2, 0.25) is 5.91 Å². The van der Waals surface area contributed by atoms with Gasteiger partial charge < -0.3 is 10.0 Å². The second-order valence-corrected chi connectivity index (χ2v) is 4.09. The number of hydrogen-bond acceptors (Lipinski definition) is 2. The van der Waals surface area contributed by atoms with E-state index in [9.17, 15) is 9.59 Å². The van der Waals surface area contributed by atoms with Crippen molar-refractivity contribution in [2.45, 2.75) is 32.2 Å². The highest BCUT2D eigenvalue weighted by molar-refractivity contribution is 5.84. The first-order chi connectivity index (χ1) is 8.66. The molecule has 1 aromatic carbocycles. The van der Waals surface area contributed by atoms with Gasteiger partial charge in [0.1, 0.15) is 6.04 Å². The van der Waals surface area contributed by atoms with E-state index in [0.717, 1.165) is 6.42 Å². The lowest BCUT2D eigenvalue weighted by atomic mass is 10.2. The van der Waals surface area contributed by atoms with Crippen LogP contribution < -0.4 is 0 Å². The summed E-state index contributed by atoms with van der Waals surface area (Å²) in [6.07, 6.45) is 1.80. The van der Waals surface area contributed by atoms with Crippen LogP contribution in [0, 0.1) is 0 Å². The average molecular weight is 249 g/mol. The molecule has 1 saturated heterocycles. The highest BCUT2D eigenvalue weighted by Crippen LogP contribution is 2.17. The van der Waals surface area contributed by atoms with Gasteiger partial charge in [0.05, 0.1) is 0 Å². The fourth-order valence-electron chi connectivity index (χ4n) is 1.91. The third-order valence-corrected chi connectivity index (χ3v) is 2.83. The number of benzene rings is 1. The zero-order chi connectivity index (χ0) is 13.4. The fraction of sp³-hybridized carbons (Fsp3) is 0.429. The minimum atomic E-state index is -0.880. The molecule has 0 aliphatic carbocycles. The molecule has 98 valence electrons. The van der Waals surface area contributed by atoms with Crippen LogP contribution in [0.3, 0.4) is 0 Å². The zero-order valence-electron chi connectivity index (χ0n) is 10.6. The third kappa shape index (κ3) is 4.20. The highest BCUT2D eigenvalue weighted by atomic mass is 16.4. The maximum atomic E-state index is 11.2. The Morgan fingerprint density at radius 2 is 1.67 bits per heavy atom. The molecule has 0 spiro atoms. The number of amides is 1. The van der Waals surface area contributed by atoms with E-state index >= 15 is 0 Å². The van der Waals surface area contributed by atoms with Gasteiger partial charge in [-0.2, -0.15) is 0 Å². The number of carboxylic acids is 1. The van der Waals surface area contributed by atoms with Crippen molar-refractivity contribution in [1.29, 1.82) is 0 Å². The van der Waals surface area contributed by atoms with Crippen LogP contribution in [0.5, 0.6) is 0 Å². The lowest BCUT2D eigenvalue weighted by Crippen LogP contribution is -2.39. The number of nitrogens with zero attached hydrogens (tertiary/aromatic N) is 1. The molecule has 0 bridgehead atoms. The molecule has 1 aliphatic heterocycles. The molecule has 1 N–H and O–H groups in total. The summed E-state index contributed by atoms with van der Waals surface area (Å²) in [6, 6.07) is 11.4. The van der Waals surface area contributed by atoms with E-state index in [-0.39, 0.29) is 5.91 Å². The van der Waals surface area contributed by atoms with E-state index in [1.165, 1.54) is 4.90 Å². The van der Waals surface area contributed by atoms with E-state index in [1.54, 1.807) is 6.92 Å². The van der Waals surface area contributed by atoms with Gasteiger partial charge in [-0.1, -0.05) is 43.3 Å². The smallest absolute Gasteiger partial charge is 0.326 e. The standard InChI is InChI=1S/C8H13NO3.C6H6/c1-2-7(10)9-5-3-4-6(9)8(11)12;1-2-4-6-5-3-1/h6H,2-5H2,1H3,(H,11,12);1-6H. The summed E-state index contributed by atoms with van der Waals surface area (Å²) >= 11 is 0. The number of hydrogen-bond donors (Lipinski definition) is 1. The Balaban J connectivity index is 0.000000225. The van der Waals surface area contributed by atoms with Gasteiger partial charge >= 0.3 is 5.97 Å². The van der Waals surface area contributed by atoms with Crippen molar-refractivity contribution in [3.8, 4) is 0 Å². The van der Waals surface area contributed by atoms with Crippen molar-refractivity contribution in [3.63, 3.8) is 0 Å². The van der Waals surface area contributed by atoms with E-state index in [2.05, 4.69) is 0 Å². The molecular weight excluding hydrogens is 230 g/mol. The molecule has 4 heteroatoms. The summed E-state index contributed by atoms with van der Waals surface area (Å²) in [5.41, 5.74) is 0. The largest absolute Gasteiger partial charge is 0.480 e. The Hall–Kier alpha value is -1.84. The van der Waals surface area contributed by atoms with Gasteiger partial charge in [0.25, 0.3) is 0 Å². The number of rotatable bonds is 2. The monoisotopic (exact) mass is 249 g/mol. The lowest BCUT2D eigenvalue weighted by Gasteiger charge is -2.20. The van der Waals surface area contributed by atoms with Crippen molar-refractivity contribution in [1.82, 2.24) is 4.90 Å². The van der Waals surface area contributed by atoms with Gasteiger partial charge in [-0.3, -0.25) is 4.79 Å². The first-order valence-corrected chi connectivity index (χ1v) is 6.19. The van der Waals surface area contributed by atoms with Crippen molar-refractivity contribution < 1.29 is 14.7 Å². The summed E-state index contributed by atoms with van der Waals surface area (Å²) in [5.74, 6) is -0.936. The molecule has 1 atom stereocenters. The van der Waals surface area contributed by atoms with E-state index in [1.807, 2.05) is 36.4 Å². The van der Waals surface area contributed by atoms with Crippen molar-refractivity contribution in [2.75, 3.05) is 6.54 Å². The van der Waals surface area contributed by atoms with Crippen LogP contribution >= 0.6 is 0 Å². The molecule has 1 unspecified atom stereocenters. The van der Waals surface area contributed by atoms with E-state index < -0.39 is 12.0 Å². The third-order valence-electron chi connectivity index (χ3n) is 2.83. The molecule has 2 rings (SSSR count). The molecule has 18 heavy (non-hydrogen) atoms. The number of carboxylic acid groups (broad SMARTS) is 1. The van der Waals surface area contributed by atoms with Crippen molar-refractivity contribution in [3.05, 3.63) is 36.4 Å². The van der Waals surface area contributed by atoms with Gasteiger partial charge in [-0.25, -0.2) is 4.79 Å². The SMILES string of the molecule is CCC(=O)N1CCCC1C(=O)O.c1ccccc1. The Kier molecular flexibility index (Phi) is 5.91. The predicted molar refractivity (Wildman–Crippen MR) is 69.1 cm³/mol. The second-order valence-electron chi connectivity index (χ2n) is 4.09. The summed E-state index contributed by atoms with van der Waals surface area (Å²) in [6.45, 7) is 2.35. The van der Waals surface area contributed by atoms with Crippen LogP contribution in [-0.4, -0.2) is 34.5 Å². The molecule has 0 aromatic heterocycles. The Labute approximate surface area is 107 Å². The normalized spacial score (nSPS) is 17.8. The minimum absolute atomic E-state index is 0.0556. The van der Waals surface area contributed by atoms with Crippen LogP contribution in [0.1, 0.15) is 26.2 Å². The Morgan fingerprint density at radius 3 is 2.06 bits per heavy atom. The Bertz CT molecular complexity index is 351. The van der Waals surface area contributed by atoms with Gasteiger partial charge in [-0.05, 0) is 12.8 Å². The lowest BCUT2D eigenvalue weighted by molar-refractivity contribution is -0.148. The number of likely N-dealkylation sites (tertiary alicyclic amines) is 1. The molecular formula is C14H19NO3. The summed E-state index contributed by atoms with van der Waals surface area (Å²) in [4.78, 5) is 23.3. The first-order valence-electron chi connectivity index (χ1n) is 6.19. The molecule has 0 radical (unpaired) electrons. The fourth-order valence-corrected chi connectivity index (χ4v) is 1.91. The van der Waals surface area contributed by atoms with E-state index in [0.29, 0.717) is 19.4 Å². The van der Waals surface area contributed by atoms with Crippen LogP contribution in [0.25, 0.3) is 0 Å². The summed E-state index contributed by atoms with van der Waals surface area (Å²) < 4.78 is 0. The second kappa shape index (κ2) is 7.48. The van der Waals surface area contributed by atoms with Crippen LogP contribution in [-0.2, 0) is 9.59 Å². The van der Waals surface area contributed by atoms with Gasteiger partial charge in [-0.15, -0.1) is 0 Å². The molecule has 4 nitrogen and oxygen atoms in total. The zero-order valence-corrected chi connectivity index (χ0v) is 10.6. The quantitative estimate of drug-likeness (QED) is 0.873.